The van der Waals surface area contributed by atoms with Gasteiger partial charge in [0, 0.05) is 12.0 Å². The van der Waals surface area contributed by atoms with Gasteiger partial charge < -0.3 is 5.11 Å². The molecule has 0 radical (unpaired) electrons. The van der Waals surface area contributed by atoms with E-state index in [1.54, 1.807) is 13.0 Å². The van der Waals surface area contributed by atoms with Gasteiger partial charge in [0.15, 0.2) is 11.6 Å². The topological polar surface area (TPSA) is 54.4 Å². The fraction of sp³-hybridized carbons (Fsp3) is 0.111. The average Bonchev–Trinajstić information content (AvgIpc) is 2.53. The van der Waals surface area contributed by atoms with Gasteiger partial charge in [0.1, 0.15) is 5.75 Å². The third kappa shape index (κ3) is 3.66. The van der Waals surface area contributed by atoms with E-state index < -0.39 is 0 Å². The smallest absolute Gasteiger partial charge is 0.189 e. The van der Waals surface area contributed by atoms with Gasteiger partial charge in [-0.15, -0.1) is 0 Å². The van der Waals surface area contributed by atoms with Crippen LogP contribution in [-0.2, 0) is 0 Å². The Morgan fingerprint density at radius 2 is 1.81 bits per heavy atom. The van der Waals surface area contributed by atoms with Crippen molar-refractivity contribution in [2.24, 2.45) is 0 Å². The number of aromatic hydroxyl groups is 1. The number of rotatable bonds is 5. The lowest BCUT2D eigenvalue weighted by molar-refractivity contribution is 0.0988. The molecule has 0 aromatic heterocycles. The van der Waals surface area contributed by atoms with E-state index in [2.05, 4.69) is 0 Å². The lowest BCUT2D eigenvalue weighted by Gasteiger charge is -2.04. The summed E-state index contributed by atoms with van der Waals surface area (Å²) < 4.78 is 0. The zero-order chi connectivity index (χ0) is 15.2. The second-order valence-electron chi connectivity index (χ2n) is 4.62. The Morgan fingerprint density at radius 1 is 1.10 bits per heavy atom. The van der Waals surface area contributed by atoms with Crippen molar-refractivity contribution in [2.45, 2.75) is 13.3 Å². The fourth-order valence-corrected chi connectivity index (χ4v) is 1.94. The molecular formula is C18H16O3. The first-order valence-electron chi connectivity index (χ1n) is 6.75. The van der Waals surface area contributed by atoms with Crippen LogP contribution in [0.2, 0.25) is 0 Å². The number of phenols is 1. The standard InChI is InChI=1S/C18H16O3/c1-2-16(19)14-9-11-18(21)15(12-14)17(20)10-8-13-6-4-3-5-7-13/h3-12,21H,2H2,1H3. The molecule has 1 N–H and O–H groups in total. The summed E-state index contributed by atoms with van der Waals surface area (Å²) in [7, 11) is 0. The molecule has 21 heavy (non-hydrogen) atoms. The number of hydrogen-bond donors (Lipinski definition) is 1. The fourth-order valence-electron chi connectivity index (χ4n) is 1.94. The number of Topliss-reactive ketones (excluding diaryl/α,β-unsaturated/α-hetero) is 1. The average molecular weight is 280 g/mol. The Balaban J connectivity index is 2.26. The SMILES string of the molecule is CCC(=O)c1ccc(O)c(C(=O)C=Cc2ccccc2)c1. The Hall–Kier alpha value is -2.68. The predicted octanol–water partition coefficient (Wildman–Crippen LogP) is 3.88. The lowest BCUT2D eigenvalue weighted by Crippen LogP contribution is -2.01. The van der Waals surface area contributed by atoms with Crippen molar-refractivity contribution in [1.29, 1.82) is 0 Å². The molecule has 3 heteroatoms. The Morgan fingerprint density at radius 3 is 2.48 bits per heavy atom. The summed E-state index contributed by atoms with van der Waals surface area (Å²) in [6.45, 7) is 1.76. The molecule has 0 saturated carbocycles. The van der Waals surface area contributed by atoms with Gasteiger partial charge in [0.05, 0.1) is 5.56 Å². The normalized spacial score (nSPS) is 10.7. The molecule has 0 aliphatic heterocycles. The molecule has 0 fully saturated rings. The van der Waals surface area contributed by atoms with Crippen LogP contribution in [0.4, 0.5) is 0 Å². The van der Waals surface area contributed by atoms with Gasteiger partial charge in [-0.05, 0) is 29.8 Å². The highest BCUT2D eigenvalue weighted by Gasteiger charge is 2.12. The third-order valence-corrected chi connectivity index (χ3v) is 3.13. The van der Waals surface area contributed by atoms with Gasteiger partial charge in [-0.25, -0.2) is 0 Å². The summed E-state index contributed by atoms with van der Waals surface area (Å²) in [5.74, 6) is -0.511. The molecule has 106 valence electrons. The molecule has 0 bridgehead atoms. The first kappa shape index (κ1) is 14.7. The van der Waals surface area contributed by atoms with Crippen LogP contribution in [-0.4, -0.2) is 16.7 Å². The van der Waals surface area contributed by atoms with Crippen molar-refractivity contribution in [3.05, 3.63) is 71.3 Å². The Bertz CT molecular complexity index is 685. The van der Waals surface area contributed by atoms with Crippen LogP contribution in [0.3, 0.4) is 0 Å². The minimum Gasteiger partial charge on any atom is -0.507 e. The molecule has 0 unspecified atom stereocenters. The number of ketones is 2. The van der Waals surface area contributed by atoms with Crippen molar-refractivity contribution in [3.63, 3.8) is 0 Å². The molecule has 2 rings (SSSR count). The van der Waals surface area contributed by atoms with Gasteiger partial charge in [-0.1, -0.05) is 43.3 Å². The summed E-state index contributed by atoms with van der Waals surface area (Å²) in [6.07, 6.45) is 3.43. The molecule has 0 saturated heterocycles. The molecule has 2 aromatic rings. The maximum absolute atomic E-state index is 12.1. The van der Waals surface area contributed by atoms with E-state index >= 15 is 0 Å². The summed E-state index contributed by atoms with van der Waals surface area (Å²) in [5, 5.41) is 9.79. The first-order chi connectivity index (χ1) is 10.1. The first-order valence-corrected chi connectivity index (χ1v) is 6.75. The quantitative estimate of drug-likeness (QED) is 0.668. The van der Waals surface area contributed by atoms with Crippen molar-refractivity contribution in [1.82, 2.24) is 0 Å². The largest absolute Gasteiger partial charge is 0.507 e. The van der Waals surface area contributed by atoms with Crippen molar-refractivity contribution < 1.29 is 14.7 Å². The van der Waals surface area contributed by atoms with E-state index in [1.165, 1.54) is 24.3 Å². The second kappa shape index (κ2) is 6.66. The zero-order valence-corrected chi connectivity index (χ0v) is 11.7. The van der Waals surface area contributed by atoms with Crippen LogP contribution in [0.5, 0.6) is 5.75 Å². The summed E-state index contributed by atoms with van der Waals surface area (Å²) in [5.41, 5.74) is 1.47. The highest BCUT2D eigenvalue weighted by atomic mass is 16.3. The molecular weight excluding hydrogens is 264 g/mol. The highest BCUT2D eigenvalue weighted by Crippen LogP contribution is 2.20. The van der Waals surface area contributed by atoms with Gasteiger partial charge in [-0.3, -0.25) is 9.59 Å². The van der Waals surface area contributed by atoms with Crippen LogP contribution in [0, 0.1) is 0 Å². The van der Waals surface area contributed by atoms with Crippen LogP contribution in [0.25, 0.3) is 6.08 Å². The van der Waals surface area contributed by atoms with E-state index in [0.717, 1.165) is 5.56 Å². The summed E-state index contributed by atoms with van der Waals surface area (Å²) in [6, 6.07) is 13.8. The number of hydrogen-bond acceptors (Lipinski definition) is 3. The van der Waals surface area contributed by atoms with Crippen LogP contribution < -0.4 is 0 Å². The Kier molecular flexibility index (Phi) is 4.67. The molecule has 3 nitrogen and oxygen atoms in total. The van der Waals surface area contributed by atoms with E-state index in [-0.39, 0.29) is 22.9 Å². The van der Waals surface area contributed by atoms with Gasteiger partial charge in [0.2, 0.25) is 0 Å². The molecule has 0 heterocycles. The van der Waals surface area contributed by atoms with E-state index in [0.29, 0.717) is 12.0 Å². The van der Waals surface area contributed by atoms with Crippen molar-refractivity contribution in [2.75, 3.05) is 0 Å². The number of allylic oxidation sites excluding steroid dienone is 1. The zero-order valence-electron chi connectivity index (χ0n) is 11.7. The van der Waals surface area contributed by atoms with Crippen LogP contribution in [0.1, 0.15) is 39.6 Å². The highest BCUT2D eigenvalue weighted by molar-refractivity contribution is 6.10. The minimum absolute atomic E-state index is 0.0592. The monoisotopic (exact) mass is 280 g/mol. The van der Waals surface area contributed by atoms with Crippen molar-refractivity contribution in [3.8, 4) is 5.75 Å². The van der Waals surface area contributed by atoms with E-state index in [9.17, 15) is 14.7 Å². The molecule has 0 atom stereocenters. The van der Waals surface area contributed by atoms with Crippen molar-refractivity contribution >= 4 is 17.6 Å². The minimum atomic E-state index is -0.331. The third-order valence-electron chi connectivity index (χ3n) is 3.13. The Labute approximate surface area is 123 Å². The second-order valence-corrected chi connectivity index (χ2v) is 4.62. The van der Waals surface area contributed by atoms with E-state index in [4.69, 9.17) is 0 Å². The molecule has 2 aromatic carbocycles. The van der Waals surface area contributed by atoms with Gasteiger partial charge in [-0.2, -0.15) is 0 Å². The maximum Gasteiger partial charge on any atom is 0.189 e. The summed E-state index contributed by atoms with van der Waals surface area (Å²) >= 11 is 0. The maximum atomic E-state index is 12.1. The van der Waals surface area contributed by atoms with E-state index in [1.807, 2.05) is 30.3 Å². The number of phenolic OH excluding ortho intramolecular Hbond substituents is 1. The van der Waals surface area contributed by atoms with Gasteiger partial charge >= 0.3 is 0 Å². The molecule has 0 spiro atoms. The van der Waals surface area contributed by atoms with Gasteiger partial charge in [0.25, 0.3) is 0 Å². The number of benzene rings is 2. The molecule has 0 aliphatic carbocycles. The number of carbonyl (C=O) groups is 2. The predicted molar refractivity (Wildman–Crippen MR) is 82.5 cm³/mol. The molecule has 0 amide bonds. The van der Waals surface area contributed by atoms with Crippen LogP contribution >= 0.6 is 0 Å². The molecule has 0 aliphatic rings. The number of carbonyl (C=O) groups excluding carboxylic acids is 2. The lowest BCUT2D eigenvalue weighted by atomic mass is 10.0. The van der Waals surface area contributed by atoms with Crippen LogP contribution in [0.15, 0.2) is 54.6 Å². The summed E-state index contributed by atoms with van der Waals surface area (Å²) in [4.78, 5) is 23.8.